The van der Waals surface area contributed by atoms with Crippen LogP contribution >= 0.6 is 0 Å². The van der Waals surface area contributed by atoms with Crippen LogP contribution < -0.4 is 5.69 Å². The van der Waals surface area contributed by atoms with Crippen molar-refractivity contribution < 1.29 is 9.90 Å². The number of carboxylic acids is 1. The molecule has 1 N–H and O–H groups in total. The van der Waals surface area contributed by atoms with Crippen molar-refractivity contribution in [1.82, 2.24) is 9.55 Å². The van der Waals surface area contributed by atoms with Gasteiger partial charge in [0, 0.05) is 24.4 Å². The Morgan fingerprint density at radius 3 is 2.67 bits per heavy atom. The molecular formula is C16H24N2O3. The van der Waals surface area contributed by atoms with Gasteiger partial charge >= 0.3 is 11.7 Å². The van der Waals surface area contributed by atoms with Crippen molar-refractivity contribution in [3.05, 3.63) is 27.4 Å². The molecule has 0 saturated heterocycles. The van der Waals surface area contributed by atoms with Crippen molar-refractivity contribution in [1.29, 1.82) is 0 Å². The molecule has 2 unspecified atom stereocenters. The van der Waals surface area contributed by atoms with E-state index < -0.39 is 5.97 Å². The summed E-state index contributed by atoms with van der Waals surface area (Å²) in [6.45, 7) is 6.66. The molecule has 0 aromatic carbocycles. The molecule has 2 rings (SSSR count). The van der Waals surface area contributed by atoms with Gasteiger partial charge in [0.05, 0.1) is 0 Å². The Labute approximate surface area is 125 Å². The number of aliphatic carboxylic acids is 1. The van der Waals surface area contributed by atoms with E-state index in [-0.39, 0.29) is 12.1 Å². The van der Waals surface area contributed by atoms with E-state index in [0.29, 0.717) is 24.6 Å². The van der Waals surface area contributed by atoms with Crippen LogP contribution in [0.3, 0.4) is 0 Å². The molecule has 1 aromatic rings. The molecule has 116 valence electrons. The summed E-state index contributed by atoms with van der Waals surface area (Å²) < 4.78 is 1.74. The van der Waals surface area contributed by atoms with Gasteiger partial charge in [0.15, 0.2) is 0 Å². The van der Waals surface area contributed by atoms with Crippen molar-refractivity contribution in [2.24, 2.45) is 11.8 Å². The molecule has 21 heavy (non-hydrogen) atoms. The van der Waals surface area contributed by atoms with E-state index in [9.17, 15) is 9.59 Å². The molecule has 1 heterocycles. The second kappa shape index (κ2) is 6.41. The molecule has 0 spiro atoms. The van der Waals surface area contributed by atoms with Crippen molar-refractivity contribution in [3.8, 4) is 0 Å². The molecule has 0 radical (unpaired) electrons. The molecule has 1 fully saturated rings. The first-order valence-corrected chi connectivity index (χ1v) is 7.67. The average molecular weight is 292 g/mol. The largest absolute Gasteiger partial charge is 0.481 e. The van der Waals surface area contributed by atoms with E-state index >= 15 is 0 Å². The van der Waals surface area contributed by atoms with Crippen LogP contribution in [-0.2, 0) is 17.8 Å². The van der Waals surface area contributed by atoms with Gasteiger partial charge in [-0.25, -0.2) is 4.79 Å². The number of aryl methyl sites for hydroxylation is 1. The van der Waals surface area contributed by atoms with E-state index in [4.69, 9.17) is 5.11 Å². The minimum Gasteiger partial charge on any atom is -0.481 e. The number of hydrogen-bond donors (Lipinski definition) is 1. The summed E-state index contributed by atoms with van der Waals surface area (Å²) in [6, 6.07) is 0. The van der Waals surface area contributed by atoms with Gasteiger partial charge in [-0.2, -0.15) is 4.98 Å². The van der Waals surface area contributed by atoms with E-state index in [0.717, 1.165) is 30.0 Å². The zero-order valence-electron chi connectivity index (χ0n) is 13.1. The molecule has 5 nitrogen and oxygen atoms in total. The Morgan fingerprint density at radius 2 is 2.10 bits per heavy atom. The maximum absolute atomic E-state index is 12.2. The first kappa shape index (κ1) is 15.7. The topological polar surface area (TPSA) is 72.2 Å². The maximum Gasteiger partial charge on any atom is 0.347 e. The molecule has 1 aliphatic carbocycles. The molecule has 1 saturated carbocycles. The summed E-state index contributed by atoms with van der Waals surface area (Å²) in [5, 5.41) is 8.85. The highest BCUT2D eigenvalue weighted by molar-refractivity contribution is 5.67. The van der Waals surface area contributed by atoms with Crippen molar-refractivity contribution in [2.45, 2.75) is 59.4 Å². The Kier molecular flexibility index (Phi) is 4.80. The smallest absolute Gasteiger partial charge is 0.347 e. The highest BCUT2D eigenvalue weighted by Gasteiger charge is 2.23. The van der Waals surface area contributed by atoms with Crippen LogP contribution in [0.1, 0.15) is 49.6 Å². The van der Waals surface area contributed by atoms with Gasteiger partial charge in [-0.1, -0.05) is 13.3 Å². The quantitative estimate of drug-likeness (QED) is 0.904. The molecule has 0 aliphatic heterocycles. The number of rotatable bonds is 5. The number of hydrogen-bond acceptors (Lipinski definition) is 3. The summed E-state index contributed by atoms with van der Waals surface area (Å²) in [7, 11) is 0. The lowest BCUT2D eigenvalue weighted by Crippen LogP contribution is -2.30. The molecule has 1 aliphatic rings. The van der Waals surface area contributed by atoms with Crippen LogP contribution in [0.4, 0.5) is 0 Å². The van der Waals surface area contributed by atoms with Crippen molar-refractivity contribution in [3.63, 3.8) is 0 Å². The van der Waals surface area contributed by atoms with Crippen molar-refractivity contribution in [2.75, 3.05) is 0 Å². The first-order valence-electron chi connectivity index (χ1n) is 7.67. The molecule has 0 amide bonds. The molecule has 2 atom stereocenters. The third kappa shape index (κ3) is 3.71. The number of nitrogens with zero attached hydrogens (tertiary/aromatic N) is 2. The van der Waals surface area contributed by atoms with Crippen LogP contribution in [0.5, 0.6) is 0 Å². The van der Waals surface area contributed by atoms with Crippen LogP contribution in [0.25, 0.3) is 0 Å². The minimum absolute atomic E-state index is 0.0715. The number of carboxylic acid groups (broad SMARTS) is 1. The average Bonchev–Trinajstić information content (AvgIpc) is 2.79. The van der Waals surface area contributed by atoms with E-state index in [2.05, 4.69) is 11.9 Å². The summed E-state index contributed by atoms with van der Waals surface area (Å²) in [6.07, 6.45) is 4.04. The van der Waals surface area contributed by atoms with Crippen LogP contribution in [0.15, 0.2) is 4.79 Å². The van der Waals surface area contributed by atoms with Gasteiger partial charge in [0.25, 0.3) is 0 Å². The molecular weight excluding hydrogens is 268 g/mol. The lowest BCUT2D eigenvalue weighted by molar-refractivity contribution is -0.136. The van der Waals surface area contributed by atoms with Crippen LogP contribution in [0.2, 0.25) is 0 Å². The van der Waals surface area contributed by atoms with Crippen LogP contribution in [-0.4, -0.2) is 20.6 Å². The monoisotopic (exact) mass is 292 g/mol. The van der Waals surface area contributed by atoms with Gasteiger partial charge in [-0.05, 0) is 50.5 Å². The third-order valence-electron chi connectivity index (χ3n) is 4.61. The predicted octanol–water partition coefficient (Wildman–Crippen LogP) is 2.31. The normalized spacial score (nSPS) is 21.7. The van der Waals surface area contributed by atoms with Gasteiger partial charge in [0.1, 0.15) is 0 Å². The molecule has 0 bridgehead atoms. The first-order chi connectivity index (χ1) is 9.88. The summed E-state index contributed by atoms with van der Waals surface area (Å²) >= 11 is 0. The molecule has 1 aromatic heterocycles. The van der Waals surface area contributed by atoms with Gasteiger partial charge in [0.2, 0.25) is 0 Å². The van der Waals surface area contributed by atoms with Crippen molar-refractivity contribution >= 4 is 5.97 Å². The zero-order chi connectivity index (χ0) is 15.6. The summed E-state index contributed by atoms with van der Waals surface area (Å²) in [4.78, 5) is 27.0. The molecule has 5 heteroatoms. The lowest BCUT2D eigenvalue weighted by atomic mass is 10.0. The maximum atomic E-state index is 12.2. The highest BCUT2D eigenvalue weighted by Crippen LogP contribution is 2.31. The summed E-state index contributed by atoms with van der Waals surface area (Å²) in [5.41, 5.74) is 2.25. The highest BCUT2D eigenvalue weighted by atomic mass is 16.4. The standard InChI is InChI=1S/C16H24N2O3/c1-10-4-5-13(8-10)9-18-12(3)14(6-7-15(19)20)11(2)17-16(18)21/h10,13H,4-9H2,1-3H3,(H,19,20). The fourth-order valence-corrected chi connectivity index (χ4v) is 3.40. The van der Waals surface area contributed by atoms with Gasteiger partial charge < -0.3 is 5.11 Å². The second-order valence-corrected chi connectivity index (χ2v) is 6.33. The minimum atomic E-state index is -0.823. The summed E-state index contributed by atoms with van der Waals surface area (Å²) in [5.74, 6) is 0.445. The van der Waals surface area contributed by atoms with E-state index in [1.807, 2.05) is 6.92 Å². The second-order valence-electron chi connectivity index (χ2n) is 6.33. The van der Waals surface area contributed by atoms with Gasteiger partial charge in [-0.3, -0.25) is 9.36 Å². The lowest BCUT2D eigenvalue weighted by Gasteiger charge is -2.18. The van der Waals surface area contributed by atoms with Gasteiger partial charge in [-0.15, -0.1) is 0 Å². The Balaban J connectivity index is 2.25. The SMILES string of the molecule is Cc1nc(=O)n(CC2CCC(C)C2)c(C)c1CCC(=O)O. The fourth-order valence-electron chi connectivity index (χ4n) is 3.40. The zero-order valence-corrected chi connectivity index (χ0v) is 13.1. The van der Waals surface area contributed by atoms with E-state index in [1.165, 1.54) is 6.42 Å². The number of aromatic nitrogens is 2. The van der Waals surface area contributed by atoms with E-state index in [1.54, 1.807) is 11.5 Å². The predicted molar refractivity (Wildman–Crippen MR) is 80.4 cm³/mol. The third-order valence-corrected chi connectivity index (χ3v) is 4.61. The van der Waals surface area contributed by atoms with Crippen LogP contribution in [0, 0.1) is 25.7 Å². The number of carbonyl (C=O) groups is 1. The Morgan fingerprint density at radius 1 is 1.38 bits per heavy atom. The fraction of sp³-hybridized carbons (Fsp3) is 0.688. The Hall–Kier alpha value is -1.65. The Bertz CT molecular complexity index is 592.